The first kappa shape index (κ1) is 22.1. The topological polar surface area (TPSA) is 152 Å². The Bertz CT molecular complexity index is 574. The van der Waals surface area contributed by atoms with E-state index in [4.69, 9.17) is 31.3 Å². The number of nitrogens with zero attached hydrogens (tertiary/aromatic N) is 2. The van der Waals surface area contributed by atoms with Crippen LogP contribution in [-0.4, -0.2) is 45.2 Å². The maximum Gasteiger partial charge on any atom is 0.414 e. The first-order chi connectivity index (χ1) is 11.3. The van der Waals surface area contributed by atoms with Gasteiger partial charge in [0.15, 0.2) is 0 Å². The van der Waals surface area contributed by atoms with Crippen molar-refractivity contribution >= 4 is 34.6 Å². The van der Waals surface area contributed by atoms with Crippen molar-refractivity contribution in [2.45, 2.75) is 26.7 Å². The standard InChI is InChI=1S/2C6H10N2S.C2H2O4/c2*1-5-6(2-3-7)9-4-8-5;3-1(4)2(5)6/h2*4H,2-3,7H2,1H3;(H,3,4)(H,5,6). The molecule has 8 nitrogen and oxygen atoms in total. The summed E-state index contributed by atoms with van der Waals surface area (Å²) in [5.41, 5.74) is 16.7. The van der Waals surface area contributed by atoms with Crippen molar-refractivity contribution in [2.75, 3.05) is 13.1 Å². The molecule has 24 heavy (non-hydrogen) atoms. The molecular formula is C14H22N4O4S2. The van der Waals surface area contributed by atoms with Gasteiger partial charge in [0.25, 0.3) is 0 Å². The molecule has 0 unspecified atom stereocenters. The number of aromatic nitrogens is 2. The van der Waals surface area contributed by atoms with Crippen LogP contribution in [0.5, 0.6) is 0 Å². The molecule has 0 aliphatic heterocycles. The minimum atomic E-state index is -1.82. The molecule has 0 atom stereocenters. The van der Waals surface area contributed by atoms with E-state index >= 15 is 0 Å². The number of aryl methyl sites for hydroxylation is 2. The van der Waals surface area contributed by atoms with E-state index in [1.165, 1.54) is 9.75 Å². The van der Waals surface area contributed by atoms with Crippen LogP contribution in [0, 0.1) is 13.8 Å². The van der Waals surface area contributed by atoms with Crippen molar-refractivity contribution in [1.82, 2.24) is 9.97 Å². The molecule has 2 aromatic heterocycles. The second-order valence-corrected chi connectivity index (χ2v) is 6.29. The summed E-state index contributed by atoms with van der Waals surface area (Å²) in [6.07, 6.45) is 1.94. The second-order valence-electron chi connectivity index (χ2n) is 4.41. The zero-order valence-electron chi connectivity index (χ0n) is 13.6. The zero-order valence-corrected chi connectivity index (χ0v) is 15.2. The van der Waals surface area contributed by atoms with E-state index in [1.807, 2.05) is 24.9 Å². The summed E-state index contributed by atoms with van der Waals surface area (Å²) >= 11 is 3.37. The molecule has 0 saturated heterocycles. The molecule has 0 aromatic carbocycles. The largest absolute Gasteiger partial charge is 0.473 e. The van der Waals surface area contributed by atoms with Crippen LogP contribution in [0.2, 0.25) is 0 Å². The van der Waals surface area contributed by atoms with E-state index in [-0.39, 0.29) is 0 Å². The summed E-state index contributed by atoms with van der Waals surface area (Å²) < 4.78 is 0. The number of aliphatic carboxylic acids is 2. The summed E-state index contributed by atoms with van der Waals surface area (Å²) in [5.74, 6) is -3.65. The van der Waals surface area contributed by atoms with Gasteiger partial charge in [-0.25, -0.2) is 19.6 Å². The van der Waals surface area contributed by atoms with Gasteiger partial charge in [0.1, 0.15) is 0 Å². The Hall–Kier alpha value is -1.88. The molecule has 10 heteroatoms. The molecule has 0 amide bonds. The summed E-state index contributed by atoms with van der Waals surface area (Å²) in [7, 11) is 0. The highest BCUT2D eigenvalue weighted by Crippen LogP contribution is 2.11. The van der Waals surface area contributed by atoms with E-state index in [2.05, 4.69) is 9.97 Å². The number of hydrogen-bond acceptors (Lipinski definition) is 8. The Balaban J connectivity index is 0.000000340. The number of rotatable bonds is 4. The maximum absolute atomic E-state index is 9.10. The third-order valence-electron chi connectivity index (χ3n) is 2.62. The predicted molar refractivity (Wildman–Crippen MR) is 94.5 cm³/mol. The molecule has 6 N–H and O–H groups in total. The van der Waals surface area contributed by atoms with E-state index < -0.39 is 11.9 Å². The second kappa shape index (κ2) is 12.5. The smallest absolute Gasteiger partial charge is 0.414 e. The lowest BCUT2D eigenvalue weighted by Crippen LogP contribution is -2.09. The Kier molecular flexibility index (Phi) is 11.5. The van der Waals surface area contributed by atoms with Crippen molar-refractivity contribution in [3.8, 4) is 0 Å². The molecule has 0 fully saturated rings. The van der Waals surface area contributed by atoms with Gasteiger partial charge < -0.3 is 21.7 Å². The number of nitrogens with two attached hydrogens (primary N) is 2. The van der Waals surface area contributed by atoms with Crippen LogP contribution in [-0.2, 0) is 22.4 Å². The number of carboxylic acids is 2. The van der Waals surface area contributed by atoms with Gasteiger partial charge in [0.05, 0.1) is 22.4 Å². The molecule has 0 spiro atoms. The predicted octanol–water partition coefficient (Wildman–Crippen LogP) is 1.06. The quantitative estimate of drug-likeness (QED) is 0.580. The monoisotopic (exact) mass is 374 g/mol. The number of hydrogen-bond donors (Lipinski definition) is 4. The van der Waals surface area contributed by atoms with Gasteiger partial charge in [-0.2, -0.15) is 0 Å². The van der Waals surface area contributed by atoms with Crippen molar-refractivity contribution in [1.29, 1.82) is 0 Å². The highest BCUT2D eigenvalue weighted by atomic mass is 32.1. The third kappa shape index (κ3) is 9.30. The minimum absolute atomic E-state index is 0.725. The molecule has 0 aliphatic carbocycles. The molecular weight excluding hydrogens is 352 g/mol. The lowest BCUT2D eigenvalue weighted by atomic mass is 10.3. The van der Waals surface area contributed by atoms with Crippen molar-refractivity contribution in [3.63, 3.8) is 0 Å². The normalized spacial score (nSPS) is 9.33. The lowest BCUT2D eigenvalue weighted by Gasteiger charge is -1.90. The molecule has 134 valence electrons. The van der Waals surface area contributed by atoms with Gasteiger partial charge in [0, 0.05) is 9.75 Å². The molecule has 0 saturated carbocycles. The van der Waals surface area contributed by atoms with Crippen molar-refractivity contribution in [3.05, 3.63) is 32.2 Å². The van der Waals surface area contributed by atoms with E-state index in [0.717, 1.165) is 37.3 Å². The van der Waals surface area contributed by atoms with Crippen molar-refractivity contribution < 1.29 is 19.8 Å². The number of carboxylic acid groups (broad SMARTS) is 2. The maximum atomic E-state index is 9.10. The van der Waals surface area contributed by atoms with E-state index in [1.54, 1.807) is 22.7 Å². The fourth-order valence-electron chi connectivity index (χ4n) is 1.39. The van der Waals surface area contributed by atoms with E-state index in [0.29, 0.717) is 0 Å². The summed E-state index contributed by atoms with van der Waals surface area (Å²) in [5, 5.41) is 14.8. The lowest BCUT2D eigenvalue weighted by molar-refractivity contribution is -0.159. The van der Waals surface area contributed by atoms with Crippen LogP contribution >= 0.6 is 22.7 Å². The van der Waals surface area contributed by atoms with Gasteiger partial charge in [-0.15, -0.1) is 22.7 Å². The molecule has 0 aliphatic rings. The van der Waals surface area contributed by atoms with E-state index in [9.17, 15) is 0 Å². The van der Waals surface area contributed by atoms with Crippen LogP contribution in [0.3, 0.4) is 0 Å². The van der Waals surface area contributed by atoms with Gasteiger partial charge in [0.2, 0.25) is 0 Å². The summed E-state index contributed by atoms with van der Waals surface area (Å²) in [4.78, 5) is 29.0. The third-order valence-corrected chi connectivity index (χ3v) is 4.61. The van der Waals surface area contributed by atoms with Gasteiger partial charge >= 0.3 is 11.9 Å². The fourth-order valence-corrected chi connectivity index (χ4v) is 2.99. The molecule has 0 bridgehead atoms. The van der Waals surface area contributed by atoms with Crippen LogP contribution < -0.4 is 11.5 Å². The number of carbonyl (C=O) groups is 2. The fraction of sp³-hybridized carbons (Fsp3) is 0.429. The van der Waals surface area contributed by atoms with Crippen LogP contribution in [0.4, 0.5) is 0 Å². The molecule has 0 radical (unpaired) electrons. The highest BCUT2D eigenvalue weighted by Gasteiger charge is 2.04. The van der Waals surface area contributed by atoms with Crippen molar-refractivity contribution in [2.24, 2.45) is 11.5 Å². The number of thiazole rings is 2. The first-order valence-corrected chi connectivity index (χ1v) is 8.73. The average Bonchev–Trinajstić information content (AvgIpc) is 3.11. The Morgan fingerprint density at radius 1 is 0.917 bits per heavy atom. The first-order valence-electron chi connectivity index (χ1n) is 6.97. The van der Waals surface area contributed by atoms with Gasteiger partial charge in [-0.1, -0.05) is 0 Å². The Morgan fingerprint density at radius 3 is 1.42 bits per heavy atom. The van der Waals surface area contributed by atoms with Crippen LogP contribution in [0.25, 0.3) is 0 Å². The Morgan fingerprint density at radius 2 is 1.25 bits per heavy atom. The molecule has 2 aromatic rings. The SMILES string of the molecule is Cc1ncsc1CCN.Cc1ncsc1CCN.O=C(O)C(=O)O. The molecule has 2 heterocycles. The van der Waals surface area contributed by atoms with Gasteiger partial charge in [-0.05, 0) is 39.8 Å². The summed E-state index contributed by atoms with van der Waals surface area (Å²) in [6, 6.07) is 0. The summed E-state index contributed by atoms with van der Waals surface area (Å²) in [6.45, 7) is 5.48. The Labute approximate surface area is 148 Å². The highest BCUT2D eigenvalue weighted by molar-refractivity contribution is 7.10. The van der Waals surface area contributed by atoms with Crippen LogP contribution in [0.15, 0.2) is 11.0 Å². The zero-order chi connectivity index (χ0) is 18.5. The molecule has 2 rings (SSSR count). The van der Waals surface area contributed by atoms with Crippen LogP contribution in [0.1, 0.15) is 21.1 Å². The average molecular weight is 374 g/mol. The minimum Gasteiger partial charge on any atom is -0.473 e. The van der Waals surface area contributed by atoms with Gasteiger partial charge in [-0.3, -0.25) is 0 Å².